The minimum atomic E-state index is -0.499. The number of nitrogens with zero attached hydrogens (tertiary/aromatic N) is 1. The summed E-state index contributed by atoms with van der Waals surface area (Å²) in [4.78, 5) is 25.8. The van der Waals surface area contributed by atoms with Gasteiger partial charge in [-0.25, -0.2) is 4.79 Å². The fourth-order valence-electron chi connectivity index (χ4n) is 2.68. The van der Waals surface area contributed by atoms with Gasteiger partial charge in [0.15, 0.2) is 0 Å². The number of H-pyrrole nitrogens is 1. The van der Waals surface area contributed by atoms with Gasteiger partial charge in [-0.3, -0.25) is 14.3 Å². The Bertz CT molecular complexity index is 549. The minimum Gasteiger partial charge on any atom is -0.494 e. The van der Waals surface area contributed by atoms with Crippen molar-refractivity contribution in [3.63, 3.8) is 0 Å². The Labute approximate surface area is 109 Å². The molecule has 2 N–H and O–H groups in total. The van der Waals surface area contributed by atoms with Crippen molar-refractivity contribution >= 4 is 11.8 Å². The molecule has 2 unspecified atom stereocenters. The van der Waals surface area contributed by atoms with E-state index in [1.165, 1.54) is 4.57 Å². The van der Waals surface area contributed by atoms with Gasteiger partial charge in [0.25, 0.3) is 5.56 Å². The molecule has 2 rings (SSSR count). The van der Waals surface area contributed by atoms with E-state index in [4.69, 9.17) is 0 Å². The Morgan fingerprint density at radius 2 is 2.17 bits per heavy atom. The lowest BCUT2D eigenvalue weighted by Gasteiger charge is -2.22. The number of rotatable bonds is 3. The van der Waals surface area contributed by atoms with Crippen LogP contribution in [0.4, 0.5) is 0 Å². The van der Waals surface area contributed by atoms with Crippen LogP contribution >= 0.6 is 11.8 Å². The first-order chi connectivity index (χ1) is 8.60. The second-order valence-electron chi connectivity index (χ2n) is 4.56. The first-order valence-electron chi connectivity index (χ1n) is 6.19. The van der Waals surface area contributed by atoms with Gasteiger partial charge in [0.2, 0.25) is 5.88 Å². The Kier molecular flexibility index (Phi) is 3.85. The summed E-state index contributed by atoms with van der Waals surface area (Å²) in [5.74, 6) is -0.155. The van der Waals surface area contributed by atoms with Gasteiger partial charge < -0.3 is 5.11 Å². The maximum Gasteiger partial charge on any atom is 0.331 e. The molecule has 1 aliphatic rings. The van der Waals surface area contributed by atoms with Gasteiger partial charge in [-0.2, -0.15) is 11.8 Å². The molecule has 0 amide bonds. The van der Waals surface area contributed by atoms with E-state index >= 15 is 0 Å². The molecule has 1 aromatic heterocycles. The summed E-state index contributed by atoms with van der Waals surface area (Å²) in [6.45, 7) is 1.79. The molecular formula is C12H18N2O3S. The summed E-state index contributed by atoms with van der Waals surface area (Å²) in [5.41, 5.74) is -0.683. The number of nitrogens with one attached hydrogen (secondary N) is 1. The summed E-state index contributed by atoms with van der Waals surface area (Å²) in [6, 6.07) is -0.0188. The average molecular weight is 270 g/mol. The summed E-state index contributed by atoms with van der Waals surface area (Å²) >= 11 is 1.71. The minimum absolute atomic E-state index is 0.0188. The third-order valence-corrected chi connectivity index (χ3v) is 4.77. The Balaban J connectivity index is 2.57. The number of aromatic amines is 1. The SMILES string of the molecule is CCc1c(O)n(C2CCCC2SC)c(=O)[nH]c1=O. The normalized spacial score (nSPS) is 23.4. The quantitative estimate of drug-likeness (QED) is 0.867. The molecule has 1 heterocycles. The predicted molar refractivity (Wildman–Crippen MR) is 72.6 cm³/mol. The molecule has 2 atom stereocenters. The van der Waals surface area contributed by atoms with E-state index < -0.39 is 11.2 Å². The van der Waals surface area contributed by atoms with Crippen molar-refractivity contribution < 1.29 is 5.11 Å². The van der Waals surface area contributed by atoms with Gasteiger partial charge in [0.05, 0.1) is 11.6 Å². The molecule has 0 saturated heterocycles. The highest BCUT2D eigenvalue weighted by atomic mass is 32.2. The largest absolute Gasteiger partial charge is 0.494 e. The van der Waals surface area contributed by atoms with E-state index in [2.05, 4.69) is 4.98 Å². The van der Waals surface area contributed by atoms with E-state index in [-0.39, 0.29) is 11.9 Å². The summed E-state index contributed by atoms with van der Waals surface area (Å²) < 4.78 is 1.37. The average Bonchev–Trinajstić information content (AvgIpc) is 2.77. The number of aromatic nitrogens is 2. The topological polar surface area (TPSA) is 75.1 Å². The molecule has 0 aliphatic heterocycles. The molecule has 0 radical (unpaired) electrons. The van der Waals surface area contributed by atoms with Crippen molar-refractivity contribution in [1.29, 1.82) is 0 Å². The molecule has 1 fully saturated rings. The van der Waals surface area contributed by atoms with Crippen LogP contribution in [-0.4, -0.2) is 26.2 Å². The first kappa shape index (κ1) is 13.3. The van der Waals surface area contributed by atoms with Crippen LogP contribution in [0.15, 0.2) is 9.59 Å². The zero-order valence-electron chi connectivity index (χ0n) is 10.6. The van der Waals surface area contributed by atoms with Gasteiger partial charge in [-0.1, -0.05) is 13.3 Å². The summed E-state index contributed by atoms with van der Waals surface area (Å²) in [5, 5.41) is 10.5. The Morgan fingerprint density at radius 1 is 1.44 bits per heavy atom. The number of thioether (sulfide) groups is 1. The molecule has 1 aromatic rings. The smallest absolute Gasteiger partial charge is 0.331 e. The fraction of sp³-hybridized carbons (Fsp3) is 0.667. The Hall–Kier alpha value is -1.17. The lowest BCUT2D eigenvalue weighted by Crippen LogP contribution is -2.36. The molecule has 18 heavy (non-hydrogen) atoms. The van der Waals surface area contributed by atoms with Crippen LogP contribution < -0.4 is 11.2 Å². The van der Waals surface area contributed by atoms with E-state index in [1.54, 1.807) is 18.7 Å². The van der Waals surface area contributed by atoms with Gasteiger partial charge in [0, 0.05) is 5.25 Å². The fourth-order valence-corrected chi connectivity index (χ4v) is 3.65. The van der Waals surface area contributed by atoms with Crippen LogP contribution in [0.25, 0.3) is 0 Å². The van der Waals surface area contributed by atoms with E-state index in [1.807, 2.05) is 6.26 Å². The van der Waals surface area contributed by atoms with Crippen molar-refractivity contribution in [2.45, 2.75) is 43.9 Å². The highest BCUT2D eigenvalue weighted by molar-refractivity contribution is 7.99. The zero-order valence-corrected chi connectivity index (χ0v) is 11.4. The number of hydrogen-bond acceptors (Lipinski definition) is 4. The summed E-state index contributed by atoms with van der Waals surface area (Å²) in [6.07, 6.45) is 5.38. The lowest BCUT2D eigenvalue weighted by molar-refractivity contribution is 0.360. The molecule has 1 aliphatic carbocycles. The van der Waals surface area contributed by atoms with E-state index in [0.717, 1.165) is 19.3 Å². The first-order valence-corrected chi connectivity index (χ1v) is 7.48. The molecule has 0 spiro atoms. The van der Waals surface area contributed by atoms with Crippen molar-refractivity contribution in [2.24, 2.45) is 0 Å². The van der Waals surface area contributed by atoms with E-state index in [9.17, 15) is 14.7 Å². The molecular weight excluding hydrogens is 252 g/mol. The van der Waals surface area contributed by atoms with Crippen LogP contribution in [0, 0.1) is 0 Å². The van der Waals surface area contributed by atoms with Crippen LogP contribution in [-0.2, 0) is 6.42 Å². The highest BCUT2D eigenvalue weighted by Gasteiger charge is 2.31. The van der Waals surface area contributed by atoms with Crippen LogP contribution in [0.5, 0.6) is 5.88 Å². The predicted octanol–water partition coefficient (Wildman–Crippen LogP) is 1.26. The van der Waals surface area contributed by atoms with Crippen molar-refractivity contribution in [2.75, 3.05) is 6.26 Å². The van der Waals surface area contributed by atoms with Crippen LogP contribution in [0.3, 0.4) is 0 Å². The number of aromatic hydroxyl groups is 1. The van der Waals surface area contributed by atoms with Gasteiger partial charge in [-0.05, 0) is 25.5 Å². The van der Waals surface area contributed by atoms with Crippen LogP contribution in [0.2, 0.25) is 0 Å². The standard InChI is InChI=1S/C12H18N2O3S/c1-3-7-10(15)13-12(17)14(11(7)16)8-5-4-6-9(8)18-2/h8-9,16H,3-6H2,1-2H3,(H,13,15,17). The van der Waals surface area contributed by atoms with Crippen LogP contribution in [0.1, 0.15) is 37.8 Å². The zero-order chi connectivity index (χ0) is 13.3. The summed E-state index contributed by atoms with van der Waals surface area (Å²) in [7, 11) is 0. The molecule has 100 valence electrons. The van der Waals surface area contributed by atoms with Crippen molar-refractivity contribution in [1.82, 2.24) is 9.55 Å². The number of hydrogen-bond donors (Lipinski definition) is 2. The molecule has 6 heteroatoms. The Morgan fingerprint density at radius 3 is 2.78 bits per heavy atom. The molecule has 5 nitrogen and oxygen atoms in total. The van der Waals surface area contributed by atoms with Gasteiger partial charge >= 0.3 is 5.69 Å². The maximum atomic E-state index is 11.9. The molecule has 0 bridgehead atoms. The maximum absolute atomic E-state index is 11.9. The highest BCUT2D eigenvalue weighted by Crippen LogP contribution is 2.38. The third kappa shape index (κ3) is 2.09. The molecule has 0 aromatic carbocycles. The molecule has 1 saturated carbocycles. The van der Waals surface area contributed by atoms with Gasteiger partial charge in [0.1, 0.15) is 0 Å². The second-order valence-corrected chi connectivity index (χ2v) is 5.63. The second kappa shape index (κ2) is 5.22. The van der Waals surface area contributed by atoms with Gasteiger partial charge in [-0.15, -0.1) is 0 Å². The van der Waals surface area contributed by atoms with Crippen molar-refractivity contribution in [3.05, 3.63) is 26.4 Å². The lowest BCUT2D eigenvalue weighted by atomic mass is 10.2. The third-order valence-electron chi connectivity index (χ3n) is 3.62. The van der Waals surface area contributed by atoms with E-state index in [0.29, 0.717) is 17.2 Å². The van der Waals surface area contributed by atoms with Crippen molar-refractivity contribution in [3.8, 4) is 5.88 Å². The monoisotopic (exact) mass is 270 g/mol.